The van der Waals surface area contributed by atoms with Crippen molar-refractivity contribution in [2.75, 3.05) is 16.7 Å². The number of carbonyl (C=O) groups is 1. The molecular weight excluding hydrogens is 408 g/mol. The smallest absolute Gasteiger partial charge is 0.264 e. The molecule has 0 aliphatic heterocycles. The third-order valence-corrected chi connectivity index (χ3v) is 7.21. The Morgan fingerprint density at radius 2 is 1.42 bits per heavy atom. The van der Waals surface area contributed by atoms with Gasteiger partial charge in [-0.3, -0.25) is 9.10 Å². The molecule has 162 valence electrons. The Balaban J connectivity index is 1.82. The van der Waals surface area contributed by atoms with Crippen molar-refractivity contribution >= 4 is 27.3 Å². The number of rotatable bonds is 7. The molecule has 0 spiro atoms. The topological polar surface area (TPSA) is 66.5 Å². The van der Waals surface area contributed by atoms with Crippen molar-refractivity contribution in [2.45, 2.75) is 38.5 Å². The summed E-state index contributed by atoms with van der Waals surface area (Å²) in [6.45, 7) is 6.03. The van der Waals surface area contributed by atoms with Crippen LogP contribution in [0.5, 0.6) is 0 Å². The molecule has 3 aromatic rings. The zero-order chi connectivity index (χ0) is 22.6. The maximum Gasteiger partial charge on any atom is 0.264 e. The Morgan fingerprint density at radius 1 is 0.871 bits per heavy atom. The van der Waals surface area contributed by atoms with Gasteiger partial charge in [0, 0.05) is 18.3 Å². The summed E-state index contributed by atoms with van der Waals surface area (Å²) >= 11 is 0. The van der Waals surface area contributed by atoms with E-state index in [-0.39, 0.29) is 10.8 Å². The number of carbonyl (C=O) groups excluding carboxylic acids is 1. The lowest BCUT2D eigenvalue weighted by molar-refractivity contribution is 0.102. The molecule has 0 radical (unpaired) electrons. The summed E-state index contributed by atoms with van der Waals surface area (Å²) < 4.78 is 27.0. The normalized spacial score (nSPS) is 11.2. The van der Waals surface area contributed by atoms with Gasteiger partial charge in [0.15, 0.2) is 0 Å². The van der Waals surface area contributed by atoms with Crippen LogP contribution >= 0.6 is 0 Å². The summed E-state index contributed by atoms with van der Waals surface area (Å²) in [7, 11) is -2.17. The number of hydrogen-bond donors (Lipinski definition) is 1. The first-order chi connectivity index (χ1) is 14.8. The lowest BCUT2D eigenvalue weighted by Crippen LogP contribution is -2.26. The van der Waals surface area contributed by atoms with Crippen LogP contribution < -0.4 is 9.62 Å². The maximum absolute atomic E-state index is 12.9. The number of hydrogen-bond acceptors (Lipinski definition) is 3. The molecule has 0 bridgehead atoms. The summed E-state index contributed by atoms with van der Waals surface area (Å²) in [4.78, 5) is 13.1. The van der Waals surface area contributed by atoms with E-state index < -0.39 is 10.0 Å². The average Bonchev–Trinajstić information content (AvgIpc) is 2.79. The van der Waals surface area contributed by atoms with Gasteiger partial charge >= 0.3 is 0 Å². The molecule has 0 unspecified atom stereocenters. The Labute approximate surface area is 184 Å². The number of aryl methyl sites for hydroxylation is 3. The van der Waals surface area contributed by atoms with Gasteiger partial charge in [0.05, 0.1) is 10.6 Å². The Hall–Kier alpha value is -3.12. The summed E-state index contributed by atoms with van der Waals surface area (Å²) in [5, 5.41) is 3.04. The number of anilines is 2. The Bertz CT molecular complexity index is 1150. The van der Waals surface area contributed by atoms with Gasteiger partial charge in [-0.15, -0.1) is 0 Å². The highest BCUT2D eigenvalue weighted by Gasteiger charge is 2.21. The number of amides is 1. The second-order valence-electron chi connectivity index (χ2n) is 7.44. The van der Waals surface area contributed by atoms with E-state index in [0.717, 1.165) is 35.2 Å². The van der Waals surface area contributed by atoms with Crippen LogP contribution in [0.2, 0.25) is 0 Å². The largest absolute Gasteiger partial charge is 0.321 e. The minimum Gasteiger partial charge on any atom is -0.321 e. The highest BCUT2D eigenvalue weighted by atomic mass is 32.2. The molecule has 0 aromatic heterocycles. The van der Waals surface area contributed by atoms with Gasteiger partial charge in [-0.05, 0) is 67.3 Å². The van der Waals surface area contributed by atoms with Crippen LogP contribution in [0.15, 0.2) is 71.6 Å². The van der Waals surface area contributed by atoms with E-state index in [1.807, 2.05) is 25.1 Å². The first-order valence-electron chi connectivity index (χ1n) is 10.4. The van der Waals surface area contributed by atoms with Crippen molar-refractivity contribution < 1.29 is 13.2 Å². The highest BCUT2D eigenvalue weighted by Crippen LogP contribution is 2.25. The number of para-hydroxylation sites is 1. The number of nitrogens with one attached hydrogen (secondary N) is 1. The fourth-order valence-electron chi connectivity index (χ4n) is 3.42. The van der Waals surface area contributed by atoms with Crippen LogP contribution in [0.4, 0.5) is 11.4 Å². The van der Waals surface area contributed by atoms with Gasteiger partial charge < -0.3 is 5.32 Å². The first kappa shape index (κ1) is 22.6. The van der Waals surface area contributed by atoms with Crippen LogP contribution in [0.3, 0.4) is 0 Å². The van der Waals surface area contributed by atoms with E-state index in [0.29, 0.717) is 11.3 Å². The zero-order valence-corrected chi connectivity index (χ0v) is 19.2. The monoisotopic (exact) mass is 436 g/mol. The van der Waals surface area contributed by atoms with Gasteiger partial charge in [0.2, 0.25) is 0 Å². The van der Waals surface area contributed by atoms with Crippen molar-refractivity contribution in [1.82, 2.24) is 0 Å². The van der Waals surface area contributed by atoms with E-state index >= 15 is 0 Å². The van der Waals surface area contributed by atoms with Crippen molar-refractivity contribution in [1.29, 1.82) is 0 Å². The molecule has 1 amide bonds. The lowest BCUT2D eigenvalue weighted by Gasteiger charge is -2.20. The summed E-state index contributed by atoms with van der Waals surface area (Å²) in [6.07, 6.45) is 1.65. The van der Waals surface area contributed by atoms with Crippen molar-refractivity contribution in [2.24, 2.45) is 0 Å². The van der Waals surface area contributed by atoms with E-state index in [2.05, 4.69) is 19.2 Å². The van der Waals surface area contributed by atoms with E-state index in [9.17, 15) is 13.2 Å². The minimum atomic E-state index is -3.68. The van der Waals surface area contributed by atoms with Crippen molar-refractivity contribution in [3.8, 4) is 0 Å². The second kappa shape index (κ2) is 9.35. The summed E-state index contributed by atoms with van der Waals surface area (Å²) in [5.74, 6) is -0.216. The van der Waals surface area contributed by atoms with Gasteiger partial charge in [-0.2, -0.15) is 0 Å². The van der Waals surface area contributed by atoms with Gasteiger partial charge in [0.1, 0.15) is 0 Å². The minimum absolute atomic E-state index is 0.216. The molecule has 3 rings (SSSR count). The Kier molecular flexibility index (Phi) is 6.81. The molecule has 0 fully saturated rings. The van der Waals surface area contributed by atoms with Gasteiger partial charge in [-0.25, -0.2) is 8.42 Å². The fourth-order valence-corrected chi connectivity index (χ4v) is 4.61. The summed E-state index contributed by atoms with van der Waals surface area (Å²) in [6, 6.07) is 19.4. The predicted octanol–water partition coefficient (Wildman–Crippen LogP) is 5.20. The number of nitrogens with zero attached hydrogens (tertiary/aromatic N) is 1. The van der Waals surface area contributed by atoms with Crippen LogP contribution in [-0.4, -0.2) is 21.4 Å². The summed E-state index contributed by atoms with van der Waals surface area (Å²) in [5.41, 5.74) is 4.99. The third kappa shape index (κ3) is 4.80. The van der Waals surface area contributed by atoms with Gasteiger partial charge in [-0.1, -0.05) is 49.7 Å². The maximum atomic E-state index is 12.9. The molecule has 1 N–H and O–H groups in total. The third-order valence-electron chi connectivity index (χ3n) is 5.41. The number of benzene rings is 3. The highest BCUT2D eigenvalue weighted by molar-refractivity contribution is 7.92. The van der Waals surface area contributed by atoms with E-state index in [1.165, 1.54) is 11.4 Å². The molecule has 0 saturated carbocycles. The molecule has 3 aromatic carbocycles. The first-order valence-corrected chi connectivity index (χ1v) is 11.8. The van der Waals surface area contributed by atoms with Crippen LogP contribution in [0.1, 0.15) is 40.9 Å². The zero-order valence-electron chi connectivity index (χ0n) is 18.3. The van der Waals surface area contributed by atoms with Crippen LogP contribution in [-0.2, 0) is 22.9 Å². The number of sulfonamides is 1. The van der Waals surface area contributed by atoms with Gasteiger partial charge in [0.25, 0.3) is 15.9 Å². The fraction of sp³-hybridized carbons (Fsp3) is 0.240. The molecule has 0 aliphatic rings. The average molecular weight is 437 g/mol. The predicted molar refractivity (Wildman–Crippen MR) is 126 cm³/mol. The lowest BCUT2D eigenvalue weighted by atomic mass is 10.0. The SMILES string of the molecule is CCc1cccc(CC)c1NC(=O)c1ccc(N(C)S(=O)(=O)c2ccc(C)cc2)cc1. The molecular formula is C25H28N2O3S. The second-order valence-corrected chi connectivity index (χ2v) is 9.41. The molecule has 6 heteroatoms. The molecule has 0 saturated heterocycles. The van der Waals surface area contributed by atoms with Crippen molar-refractivity contribution in [3.05, 3.63) is 89.0 Å². The molecule has 0 atom stereocenters. The van der Waals surface area contributed by atoms with Crippen molar-refractivity contribution in [3.63, 3.8) is 0 Å². The molecule has 0 heterocycles. The quantitative estimate of drug-likeness (QED) is 0.554. The van der Waals surface area contributed by atoms with Crippen LogP contribution in [0.25, 0.3) is 0 Å². The van der Waals surface area contributed by atoms with Crippen LogP contribution in [0, 0.1) is 6.92 Å². The van der Waals surface area contributed by atoms with E-state index in [1.54, 1.807) is 48.5 Å². The molecule has 31 heavy (non-hydrogen) atoms. The molecule has 0 aliphatic carbocycles. The molecule has 5 nitrogen and oxygen atoms in total. The Morgan fingerprint density at radius 3 is 1.94 bits per heavy atom. The van der Waals surface area contributed by atoms with E-state index in [4.69, 9.17) is 0 Å². The standard InChI is InChI=1S/C25H28N2O3S/c1-5-19-8-7-9-20(6-2)24(19)26-25(28)21-12-14-22(15-13-21)27(4)31(29,30)23-16-10-18(3)11-17-23/h7-17H,5-6H2,1-4H3,(H,26,28).